The maximum Gasteiger partial charge on any atom is 0.239 e. The van der Waals surface area contributed by atoms with E-state index in [1.54, 1.807) is 34.9 Å². The molecule has 122 valence electrons. The molecule has 2 aromatic heterocycles. The zero-order valence-electron chi connectivity index (χ0n) is 13.2. The van der Waals surface area contributed by atoms with Crippen molar-refractivity contribution in [2.75, 3.05) is 5.75 Å². The second-order valence-electron chi connectivity index (χ2n) is 4.95. The Balaban J connectivity index is 1.85. The molecule has 2 rings (SSSR count). The van der Waals surface area contributed by atoms with Crippen LogP contribution in [-0.2, 0) is 6.42 Å². The molecule has 0 N–H and O–H groups in total. The summed E-state index contributed by atoms with van der Waals surface area (Å²) in [5.74, 6) is 2.58. The second-order valence-corrected chi connectivity index (χ2v) is 8.86. The molecule has 0 amide bonds. The number of thioether (sulfide) groups is 2. The Morgan fingerprint density at radius 2 is 1.91 bits per heavy atom. The molecule has 8 heteroatoms. The van der Waals surface area contributed by atoms with Crippen molar-refractivity contribution in [2.24, 2.45) is 0 Å². The number of aryl methyl sites for hydroxylation is 1. The summed E-state index contributed by atoms with van der Waals surface area (Å²) in [7, 11) is 0. The first kappa shape index (κ1) is 17.7. The fraction of sp³-hybridized carbons (Fsp3) is 0.714. The molecular weight excluding hydrogens is 336 g/mol. The predicted molar refractivity (Wildman–Crippen MR) is 92.7 cm³/mol. The topological polar surface area (TPSA) is 64.7 Å². The van der Waals surface area contributed by atoms with Gasteiger partial charge in [0, 0.05) is 12.2 Å². The van der Waals surface area contributed by atoms with Crippen LogP contribution >= 0.6 is 34.9 Å². The van der Waals surface area contributed by atoms with Gasteiger partial charge in [0.05, 0.1) is 5.25 Å². The Morgan fingerprint density at radius 3 is 2.68 bits per heavy atom. The molecule has 0 aromatic carbocycles. The predicted octanol–water partition coefficient (Wildman–Crippen LogP) is 5.01. The molecular formula is C14H22N4OS3. The summed E-state index contributed by atoms with van der Waals surface area (Å²) in [5.41, 5.74) is 0. The lowest BCUT2D eigenvalue weighted by Gasteiger charge is -2.01. The quantitative estimate of drug-likeness (QED) is 0.437. The number of rotatable bonds is 10. The molecule has 0 saturated carbocycles. The summed E-state index contributed by atoms with van der Waals surface area (Å²) < 4.78 is 7.35. The van der Waals surface area contributed by atoms with E-state index in [0.717, 1.165) is 39.5 Å². The van der Waals surface area contributed by atoms with Gasteiger partial charge in [0.1, 0.15) is 0 Å². The standard InChI is InChI=1S/C14H22N4OS3/c1-4-6-8-11-15-12(19-18-11)10(3)21-14-17-16-13(22-14)20-9-7-5-2/h10H,4-9H2,1-3H3. The summed E-state index contributed by atoms with van der Waals surface area (Å²) >= 11 is 5.05. The first-order chi connectivity index (χ1) is 10.7. The summed E-state index contributed by atoms with van der Waals surface area (Å²) in [4.78, 5) is 4.46. The van der Waals surface area contributed by atoms with Crippen LogP contribution in [0.15, 0.2) is 13.2 Å². The van der Waals surface area contributed by atoms with Gasteiger partial charge in [0.25, 0.3) is 0 Å². The monoisotopic (exact) mass is 358 g/mol. The summed E-state index contributed by atoms with van der Waals surface area (Å²) in [6.07, 6.45) is 5.54. The van der Waals surface area contributed by atoms with Crippen molar-refractivity contribution in [1.82, 2.24) is 20.3 Å². The minimum absolute atomic E-state index is 0.101. The number of hydrogen-bond acceptors (Lipinski definition) is 8. The molecule has 0 spiro atoms. The Kier molecular flexibility index (Phi) is 7.68. The van der Waals surface area contributed by atoms with Gasteiger partial charge in [-0.3, -0.25) is 0 Å². The molecule has 5 nitrogen and oxygen atoms in total. The Hall–Kier alpha value is -0.600. The van der Waals surface area contributed by atoms with Crippen molar-refractivity contribution in [3.8, 4) is 0 Å². The lowest BCUT2D eigenvalue weighted by Crippen LogP contribution is -1.91. The average Bonchev–Trinajstić information content (AvgIpc) is 3.15. The van der Waals surface area contributed by atoms with E-state index in [9.17, 15) is 0 Å². The van der Waals surface area contributed by atoms with Crippen molar-refractivity contribution in [2.45, 2.75) is 66.8 Å². The molecule has 0 radical (unpaired) electrons. The van der Waals surface area contributed by atoms with Crippen LogP contribution < -0.4 is 0 Å². The van der Waals surface area contributed by atoms with Gasteiger partial charge in [0.15, 0.2) is 14.5 Å². The normalized spacial score (nSPS) is 12.7. The van der Waals surface area contributed by atoms with Gasteiger partial charge >= 0.3 is 0 Å². The molecule has 0 bridgehead atoms. The van der Waals surface area contributed by atoms with Gasteiger partial charge in [-0.15, -0.1) is 10.2 Å². The van der Waals surface area contributed by atoms with E-state index >= 15 is 0 Å². The van der Waals surface area contributed by atoms with E-state index < -0.39 is 0 Å². The Morgan fingerprint density at radius 1 is 1.14 bits per heavy atom. The fourth-order valence-electron chi connectivity index (χ4n) is 1.68. The third-order valence-electron chi connectivity index (χ3n) is 2.97. The first-order valence-electron chi connectivity index (χ1n) is 7.68. The van der Waals surface area contributed by atoms with Crippen LogP contribution in [0.1, 0.15) is 63.4 Å². The van der Waals surface area contributed by atoms with Crippen LogP contribution in [-0.4, -0.2) is 26.1 Å². The zero-order chi connectivity index (χ0) is 15.8. The maximum absolute atomic E-state index is 5.35. The lowest BCUT2D eigenvalue weighted by atomic mass is 10.2. The van der Waals surface area contributed by atoms with E-state index in [0.29, 0.717) is 5.89 Å². The minimum Gasteiger partial charge on any atom is -0.338 e. The average molecular weight is 359 g/mol. The smallest absolute Gasteiger partial charge is 0.239 e. The number of unbranched alkanes of at least 4 members (excludes halogenated alkanes) is 2. The fourth-order valence-corrected chi connectivity index (χ4v) is 5.03. The van der Waals surface area contributed by atoms with Crippen LogP contribution in [0.2, 0.25) is 0 Å². The molecule has 1 unspecified atom stereocenters. The number of nitrogens with zero attached hydrogens (tertiary/aromatic N) is 4. The Bertz CT molecular complexity index is 558. The van der Waals surface area contributed by atoms with E-state index in [2.05, 4.69) is 41.1 Å². The highest BCUT2D eigenvalue weighted by atomic mass is 32.2. The molecule has 22 heavy (non-hydrogen) atoms. The van der Waals surface area contributed by atoms with Crippen molar-refractivity contribution >= 4 is 34.9 Å². The third-order valence-corrected chi connectivity index (χ3v) is 6.29. The van der Waals surface area contributed by atoms with Crippen LogP contribution in [0, 0.1) is 0 Å². The summed E-state index contributed by atoms with van der Waals surface area (Å²) in [6, 6.07) is 0. The third kappa shape index (κ3) is 5.55. The molecule has 0 saturated heterocycles. The van der Waals surface area contributed by atoms with E-state index in [1.165, 1.54) is 12.8 Å². The maximum atomic E-state index is 5.35. The molecule has 0 fully saturated rings. The van der Waals surface area contributed by atoms with E-state index in [-0.39, 0.29) is 5.25 Å². The van der Waals surface area contributed by atoms with Gasteiger partial charge in [0.2, 0.25) is 5.89 Å². The molecule has 0 aliphatic carbocycles. The van der Waals surface area contributed by atoms with E-state index in [1.807, 2.05) is 0 Å². The Labute approximate surface area is 144 Å². The highest BCUT2D eigenvalue weighted by Crippen LogP contribution is 2.37. The van der Waals surface area contributed by atoms with E-state index in [4.69, 9.17) is 4.52 Å². The van der Waals surface area contributed by atoms with Crippen molar-refractivity contribution in [1.29, 1.82) is 0 Å². The number of aromatic nitrogens is 4. The largest absolute Gasteiger partial charge is 0.338 e. The van der Waals surface area contributed by atoms with Crippen molar-refractivity contribution in [3.63, 3.8) is 0 Å². The SMILES string of the molecule is CCCCSc1nnc(SC(C)c2nc(CCCC)no2)s1. The highest BCUT2D eigenvalue weighted by Gasteiger charge is 2.18. The van der Waals surface area contributed by atoms with Gasteiger partial charge < -0.3 is 4.52 Å². The molecule has 0 aliphatic rings. The lowest BCUT2D eigenvalue weighted by molar-refractivity contribution is 0.374. The summed E-state index contributed by atoms with van der Waals surface area (Å²) in [6.45, 7) is 6.42. The van der Waals surface area contributed by atoms with Gasteiger partial charge in [-0.05, 0) is 19.8 Å². The molecule has 2 heterocycles. The van der Waals surface area contributed by atoms with Crippen molar-refractivity contribution in [3.05, 3.63) is 11.7 Å². The zero-order valence-corrected chi connectivity index (χ0v) is 15.7. The van der Waals surface area contributed by atoms with Crippen LogP contribution in [0.5, 0.6) is 0 Å². The van der Waals surface area contributed by atoms with Gasteiger partial charge in [-0.25, -0.2) is 0 Å². The van der Waals surface area contributed by atoms with Crippen molar-refractivity contribution < 1.29 is 4.52 Å². The van der Waals surface area contributed by atoms with Crippen LogP contribution in [0.4, 0.5) is 0 Å². The van der Waals surface area contributed by atoms with Gasteiger partial charge in [-0.1, -0.05) is 66.7 Å². The van der Waals surface area contributed by atoms with Crippen LogP contribution in [0.3, 0.4) is 0 Å². The number of hydrogen-bond donors (Lipinski definition) is 0. The minimum atomic E-state index is 0.101. The summed E-state index contributed by atoms with van der Waals surface area (Å²) in [5, 5.41) is 12.6. The molecule has 2 aromatic rings. The first-order valence-corrected chi connectivity index (χ1v) is 10.4. The van der Waals surface area contributed by atoms with Gasteiger partial charge in [-0.2, -0.15) is 4.98 Å². The second kappa shape index (κ2) is 9.52. The highest BCUT2D eigenvalue weighted by molar-refractivity contribution is 8.03. The molecule has 1 atom stereocenters. The van der Waals surface area contributed by atoms with Crippen LogP contribution in [0.25, 0.3) is 0 Å². The molecule has 0 aliphatic heterocycles.